The van der Waals surface area contributed by atoms with Crippen LogP contribution >= 0.6 is 0 Å². The van der Waals surface area contributed by atoms with Gasteiger partial charge in [0.25, 0.3) is 0 Å². The molecule has 148 valence electrons. The van der Waals surface area contributed by atoms with Crippen LogP contribution in [-0.2, 0) is 6.54 Å². The second kappa shape index (κ2) is 6.78. The van der Waals surface area contributed by atoms with Gasteiger partial charge in [0, 0.05) is 50.0 Å². The zero-order valence-corrected chi connectivity index (χ0v) is 16.2. The molecule has 0 saturated carbocycles. The molecule has 0 radical (unpaired) electrons. The molecule has 0 unspecified atom stereocenters. The van der Waals surface area contributed by atoms with E-state index in [1.807, 2.05) is 12.3 Å². The summed E-state index contributed by atoms with van der Waals surface area (Å²) in [5, 5.41) is 4.36. The number of aryl methyl sites for hydroxylation is 1. The number of nitrogens with zero attached hydrogens (tertiary/aromatic N) is 4. The summed E-state index contributed by atoms with van der Waals surface area (Å²) in [5.41, 5.74) is 1.42. The molecule has 4 fully saturated rings. The van der Waals surface area contributed by atoms with Crippen LogP contribution in [0.15, 0.2) is 36.7 Å². The Morgan fingerprint density at radius 3 is 2.79 bits per heavy atom. The maximum Gasteiger partial charge on any atom is 0.231 e. The van der Waals surface area contributed by atoms with E-state index in [0.717, 1.165) is 43.5 Å². The molecule has 1 aromatic carbocycles. The minimum Gasteiger partial charge on any atom is -0.454 e. The van der Waals surface area contributed by atoms with E-state index in [9.17, 15) is 0 Å². The summed E-state index contributed by atoms with van der Waals surface area (Å²) < 4.78 is 13.3. The predicted octanol–water partition coefficient (Wildman–Crippen LogP) is 2.56. The second-order valence-corrected chi connectivity index (χ2v) is 8.69. The molecular weight excluding hydrogens is 352 g/mol. The van der Waals surface area contributed by atoms with Crippen molar-refractivity contribution in [2.75, 3.05) is 33.0 Å². The van der Waals surface area contributed by atoms with Crippen LogP contribution in [0.1, 0.15) is 30.7 Å². The third-order valence-corrected chi connectivity index (χ3v) is 7.31. The number of ether oxygens (including phenoxy) is 2. The Balaban J connectivity index is 1.24. The number of hydrogen-bond donors (Lipinski definition) is 0. The molecule has 28 heavy (non-hydrogen) atoms. The van der Waals surface area contributed by atoms with Crippen LogP contribution in [0.2, 0.25) is 0 Å². The number of rotatable bonds is 5. The third-order valence-electron chi connectivity index (χ3n) is 7.31. The van der Waals surface area contributed by atoms with Crippen LogP contribution in [0.4, 0.5) is 0 Å². The van der Waals surface area contributed by atoms with Crippen LogP contribution in [0.5, 0.6) is 11.5 Å². The molecule has 0 spiro atoms. The molecule has 1 aromatic heterocycles. The van der Waals surface area contributed by atoms with Gasteiger partial charge in [-0.25, -0.2) is 0 Å². The number of aromatic nitrogens is 2. The SMILES string of the molecule is c1cnn(CCCN2C[C@@H](c3ccc4c(c3)OCO4)[C@@H]3[C@H]2C2CCN3CC2)c1. The number of hydrogen-bond acceptors (Lipinski definition) is 5. The van der Waals surface area contributed by atoms with Gasteiger partial charge in [-0.05, 0) is 62.0 Å². The quantitative estimate of drug-likeness (QED) is 0.798. The molecule has 0 aliphatic carbocycles. The predicted molar refractivity (Wildman–Crippen MR) is 106 cm³/mol. The molecule has 6 nitrogen and oxygen atoms in total. The molecule has 0 N–H and O–H groups in total. The average molecular weight is 380 g/mol. The Labute approximate surface area is 166 Å². The summed E-state index contributed by atoms with van der Waals surface area (Å²) in [4.78, 5) is 5.56. The summed E-state index contributed by atoms with van der Waals surface area (Å²) in [6.07, 6.45) is 7.83. The maximum absolute atomic E-state index is 5.67. The fourth-order valence-corrected chi connectivity index (χ4v) is 6.10. The van der Waals surface area contributed by atoms with E-state index < -0.39 is 0 Å². The van der Waals surface area contributed by atoms with Crippen LogP contribution in [0.3, 0.4) is 0 Å². The lowest BCUT2D eigenvalue weighted by Crippen LogP contribution is -2.60. The normalized spacial score (nSPS) is 33.4. The van der Waals surface area contributed by atoms with Crippen molar-refractivity contribution in [1.29, 1.82) is 0 Å². The highest BCUT2D eigenvalue weighted by atomic mass is 16.7. The largest absolute Gasteiger partial charge is 0.454 e. The molecule has 2 bridgehead atoms. The van der Waals surface area contributed by atoms with E-state index in [2.05, 4.69) is 44.0 Å². The molecule has 4 saturated heterocycles. The van der Waals surface area contributed by atoms with Gasteiger partial charge < -0.3 is 9.47 Å². The van der Waals surface area contributed by atoms with Crippen LogP contribution in [-0.4, -0.2) is 64.6 Å². The Morgan fingerprint density at radius 1 is 1.04 bits per heavy atom. The van der Waals surface area contributed by atoms with Crippen molar-refractivity contribution in [3.63, 3.8) is 0 Å². The van der Waals surface area contributed by atoms with Crippen molar-refractivity contribution in [2.45, 2.75) is 43.8 Å². The van der Waals surface area contributed by atoms with Crippen molar-refractivity contribution < 1.29 is 9.47 Å². The van der Waals surface area contributed by atoms with Crippen molar-refractivity contribution in [3.8, 4) is 11.5 Å². The average Bonchev–Trinajstić information content (AvgIpc) is 3.49. The van der Waals surface area contributed by atoms with E-state index >= 15 is 0 Å². The Kier molecular flexibility index (Phi) is 4.08. The van der Waals surface area contributed by atoms with Gasteiger partial charge in [0.15, 0.2) is 11.5 Å². The second-order valence-electron chi connectivity index (χ2n) is 8.69. The minimum atomic E-state index is 0.350. The summed E-state index contributed by atoms with van der Waals surface area (Å²) in [6, 6.07) is 9.97. The molecule has 5 aliphatic rings. The van der Waals surface area contributed by atoms with Gasteiger partial charge in [0.2, 0.25) is 6.79 Å². The van der Waals surface area contributed by atoms with Gasteiger partial charge in [0.1, 0.15) is 0 Å². The number of piperidine rings is 3. The Bertz CT molecular complexity index is 831. The standard InChI is InChI=1S/C22H28N4O2/c1-7-23-26(9-1)10-2-8-25-14-18(17-3-4-19-20(13-17)28-15-27-19)22-21(25)16-5-11-24(22)12-6-16/h1,3-4,7,9,13,16,18,21-22H,2,5-6,8,10-12,14-15H2/t18-,21+,22+/m0/s1. The van der Waals surface area contributed by atoms with Crippen LogP contribution < -0.4 is 9.47 Å². The summed E-state index contributed by atoms with van der Waals surface area (Å²) in [5.74, 6) is 3.23. The van der Waals surface area contributed by atoms with Crippen molar-refractivity contribution in [1.82, 2.24) is 19.6 Å². The first-order valence-electron chi connectivity index (χ1n) is 10.7. The van der Waals surface area contributed by atoms with Gasteiger partial charge >= 0.3 is 0 Å². The lowest BCUT2D eigenvalue weighted by Gasteiger charge is -2.51. The molecule has 7 rings (SSSR count). The topological polar surface area (TPSA) is 42.8 Å². The van der Waals surface area contributed by atoms with Crippen molar-refractivity contribution in [2.24, 2.45) is 5.92 Å². The Hall–Kier alpha value is -2.05. The summed E-state index contributed by atoms with van der Waals surface area (Å²) in [7, 11) is 0. The highest BCUT2D eigenvalue weighted by Gasteiger charge is 2.53. The third kappa shape index (κ3) is 2.73. The molecule has 3 atom stereocenters. The summed E-state index contributed by atoms with van der Waals surface area (Å²) in [6.45, 7) is 6.21. The van der Waals surface area contributed by atoms with Gasteiger partial charge in [-0.2, -0.15) is 5.10 Å². The zero-order valence-electron chi connectivity index (χ0n) is 16.2. The smallest absolute Gasteiger partial charge is 0.231 e. The van der Waals surface area contributed by atoms with Crippen LogP contribution in [0, 0.1) is 5.92 Å². The first-order chi connectivity index (χ1) is 13.9. The number of benzene rings is 1. The fourth-order valence-electron chi connectivity index (χ4n) is 6.10. The molecule has 0 amide bonds. The summed E-state index contributed by atoms with van der Waals surface area (Å²) >= 11 is 0. The van der Waals surface area contributed by atoms with Crippen molar-refractivity contribution >= 4 is 0 Å². The van der Waals surface area contributed by atoms with Crippen LogP contribution in [0.25, 0.3) is 0 Å². The van der Waals surface area contributed by atoms with Crippen molar-refractivity contribution in [3.05, 3.63) is 42.2 Å². The van der Waals surface area contributed by atoms with E-state index in [0.29, 0.717) is 24.8 Å². The lowest BCUT2D eigenvalue weighted by molar-refractivity contribution is -0.00698. The maximum atomic E-state index is 5.67. The monoisotopic (exact) mass is 380 g/mol. The van der Waals surface area contributed by atoms with Gasteiger partial charge in [-0.3, -0.25) is 14.5 Å². The van der Waals surface area contributed by atoms with Gasteiger partial charge in [-0.1, -0.05) is 6.07 Å². The first-order valence-corrected chi connectivity index (χ1v) is 10.7. The number of likely N-dealkylation sites (tertiary alicyclic amines) is 1. The lowest BCUT2D eigenvalue weighted by atomic mass is 9.75. The molecular formula is C22H28N4O2. The highest BCUT2D eigenvalue weighted by molar-refractivity contribution is 5.46. The Morgan fingerprint density at radius 2 is 1.93 bits per heavy atom. The van der Waals surface area contributed by atoms with E-state index in [1.54, 1.807) is 0 Å². The van der Waals surface area contributed by atoms with Gasteiger partial charge in [0.05, 0.1) is 0 Å². The fraction of sp³-hybridized carbons (Fsp3) is 0.591. The molecule has 2 aromatic rings. The molecule has 6 heterocycles. The number of fused-ring (bicyclic) bond motifs is 3. The zero-order chi connectivity index (χ0) is 18.5. The van der Waals surface area contributed by atoms with E-state index in [1.165, 1.54) is 31.5 Å². The van der Waals surface area contributed by atoms with E-state index in [-0.39, 0.29) is 0 Å². The van der Waals surface area contributed by atoms with E-state index in [4.69, 9.17) is 9.47 Å². The minimum absolute atomic E-state index is 0.350. The van der Waals surface area contributed by atoms with Gasteiger partial charge in [-0.15, -0.1) is 0 Å². The highest BCUT2D eigenvalue weighted by Crippen LogP contribution is 2.47. The molecule has 5 aliphatic heterocycles. The first kappa shape index (κ1) is 16.9. The molecule has 6 heteroatoms.